The normalized spacial score (nSPS) is 11.0. The van der Waals surface area contributed by atoms with Crippen molar-refractivity contribution < 1.29 is 22.7 Å². The number of esters is 1. The van der Waals surface area contributed by atoms with Gasteiger partial charge in [-0.15, -0.1) is 5.10 Å². The molecule has 0 radical (unpaired) electrons. The number of ether oxygens (including phenoxy) is 1. The Hall–Kier alpha value is -2.04. The van der Waals surface area contributed by atoms with Crippen molar-refractivity contribution in [1.29, 1.82) is 0 Å². The number of carbonyl (C=O) groups excluding carboxylic acids is 2. The fourth-order valence-corrected chi connectivity index (χ4v) is 2.22. The van der Waals surface area contributed by atoms with Crippen molar-refractivity contribution in [2.75, 3.05) is 12.9 Å². The number of sulfonamides is 1. The third-order valence-corrected chi connectivity index (χ3v) is 3.37. The van der Waals surface area contributed by atoms with Crippen LogP contribution in [0.1, 0.15) is 18.7 Å². The van der Waals surface area contributed by atoms with E-state index in [-0.39, 0.29) is 30.8 Å². The number of nitrogens with zero attached hydrogens (tertiary/aromatic N) is 3. The van der Waals surface area contributed by atoms with Crippen molar-refractivity contribution in [2.45, 2.75) is 19.3 Å². The molecule has 11 heteroatoms. The third kappa shape index (κ3) is 5.90. The van der Waals surface area contributed by atoms with E-state index in [4.69, 9.17) is 0 Å². The van der Waals surface area contributed by atoms with Gasteiger partial charge < -0.3 is 4.74 Å². The van der Waals surface area contributed by atoms with Gasteiger partial charge in [-0.1, -0.05) is 0 Å². The van der Waals surface area contributed by atoms with Gasteiger partial charge >= 0.3 is 5.97 Å². The van der Waals surface area contributed by atoms with E-state index in [1.165, 1.54) is 7.11 Å². The quantitative estimate of drug-likeness (QED) is 0.556. The van der Waals surface area contributed by atoms with Gasteiger partial charge in [0.1, 0.15) is 0 Å². The summed E-state index contributed by atoms with van der Waals surface area (Å²) in [6, 6.07) is 0. The Morgan fingerprint density at radius 1 is 1.42 bits per heavy atom. The zero-order valence-corrected chi connectivity index (χ0v) is 10.9. The van der Waals surface area contributed by atoms with Crippen molar-refractivity contribution in [3.05, 3.63) is 5.82 Å². The van der Waals surface area contributed by atoms with Crippen molar-refractivity contribution in [3.8, 4) is 0 Å². The summed E-state index contributed by atoms with van der Waals surface area (Å²) < 4.78 is 29.2. The molecule has 0 saturated heterocycles. The summed E-state index contributed by atoms with van der Waals surface area (Å²) in [4.78, 5) is 22.2. The number of H-pyrrole nitrogens is 1. The minimum atomic E-state index is -3.78. The van der Waals surface area contributed by atoms with Gasteiger partial charge in [-0.2, -0.15) is 0 Å². The van der Waals surface area contributed by atoms with Crippen LogP contribution in [0.15, 0.2) is 0 Å². The summed E-state index contributed by atoms with van der Waals surface area (Å²) >= 11 is 0. The van der Waals surface area contributed by atoms with Crippen molar-refractivity contribution in [2.24, 2.45) is 0 Å². The van der Waals surface area contributed by atoms with E-state index in [1.807, 2.05) is 4.72 Å². The van der Waals surface area contributed by atoms with Crippen LogP contribution < -0.4 is 4.72 Å². The minimum absolute atomic E-state index is 0.0301. The number of rotatable bonds is 7. The lowest BCUT2D eigenvalue weighted by Gasteiger charge is -2.05. The van der Waals surface area contributed by atoms with Gasteiger partial charge in [-0.05, 0) is 16.8 Å². The van der Waals surface area contributed by atoms with Crippen LogP contribution in [-0.4, -0.2) is 53.8 Å². The molecule has 2 N–H and O–H groups in total. The molecular weight excluding hydrogens is 278 g/mol. The molecule has 0 aliphatic carbocycles. The highest BCUT2D eigenvalue weighted by molar-refractivity contribution is 7.90. The lowest BCUT2D eigenvalue weighted by Crippen LogP contribution is -2.34. The van der Waals surface area contributed by atoms with Crippen molar-refractivity contribution in [3.63, 3.8) is 0 Å². The standard InChI is InChI=1S/C8H13N5O5S/c1-18-8(15)3-2-4-19(16,17)11-7(14)5-6-9-12-13-10-6/h2-5H2,1H3,(H,11,14)(H,9,10,12,13). The Bertz CT molecular complexity index is 526. The Morgan fingerprint density at radius 3 is 2.74 bits per heavy atom. The maximum atomic E-state index is 11.5. The number of aromatic amines is 1. The Morgan fingerprint density at radius 2 is 2.16 bits per heavy atom. The van der Waals surface area contributed by atoms with E-state index < -0.39 is 21.9 Å². The molecule has 0 aromatic carbocycles. The molecule has 1 rings (SSSR count). The average molecular weight is 291 g/mol. The summed E-state index contributed by atoms with van der Waals surface area (Å²) in [5, 5.41) is 12.3. The zero-order valence-electron chi connectivity index (χ0n) is 10.1. The van der Waals surface area contributed by atoms with Crippen LogP contribution >= 0.6 is 0 Å². The molecule has 10 nitrogen and oxygen atoms in total. The van der Waals surface area contributed by atoms with Crippen LogP contribution in [0.25, 0.3) is 0 Å². The lowest BCUT2D eigenvalue weighted by atomic mass is 10.3. The largest absolute Gasteiger partial charge is 0.469 e. The van der Waals surface area contributed by atoms with E-state index in [9.17, 15) is 18.0 Å². The molecule has 106 valence electrons. The predicted molar refractivity (Wildman–Crippen MR) is 61.1 cm³/mol. The number of aromatic nitrogens is 4. The van der Waals surface area contributed by atoms with Crippen LogP contribution in [0.2, 0.25) is 0 Å². The first-order valence-corrected chi connectivity index (χ1v) is 6.91. The molecule has 0 fully saturated rings. The molecular formula is C8H13N5O5S. The highest BCUT2D eigenvalue weighted by atomic mass is 32.2. The molecule has 0 aliphatic heterocycles. The molecule has 0 bridgehead atoms. The lowest BCUT2D eigenvalue weighted by molar-refractivity contribution is -0.140. The molecule has 1 amide bonds. The molecule has 0 aliphatic rings. The van der Waals surface area contributed by atoms with Crippen molar-refractivity contribution >= 4 is 21.9 Å². The number of carbonyl (C=O) groups is 2. The van der Waals surface area contributed by atoms with Crippen LogP contribution in [-0.2, 0) is 30.8 Å². The number of hydrogen-bond donors (Lipinski definition) is 2. The van der Waals surface area contributed by atoms with Gasteiger partial charge in [-0.3, -0.25) is 14.3 Å². The van der Waals surface area contributed by atoms with Gasteiger partial charge in [0.25, 0.3) is 0 Å². The summed E-state index contributed by atoms with van der Waals surface area (Å²) in [5.74, 6) is -1.45. The van der Waals surface area contributed by atoms with Gasteiger partial charge in [-0.25, -0.2) is 13.5 Å². The van der Waals surface area contributed by atoms with Crippen LogP contribution in [0.5, 0.6) is 0 Å². The molecule has 1 aromatic heterocycles. The molecule has 1 aromatic rings. The first kappa shape index (κ1) is 15.0. The second-order valence-corrected chi connectivity index (χ2v) is 5.39. The number of amides is 1. The first-order valence-electron chi connectivity index (χ1n) is 5.25. The highest BCUT2D eigenvalue weighted by Gasteiger charge is 2.16. The number of hydrogen-bond acceptors (Lipinski definition) is 8. The smallest absolute Gasteiger partial charge is 0.305 e. The second-order valence-electron chi connectivity index (χ2n) is 3.55. The zero-order chi connectivity index (χ0) is 14.3. The maximum Gasteiger partial charge on any atom is 0.305 e. The fraction of sp³-hybridized carbons (Fsp3) is 0.625. The second kappa shape index (κ2) is 6.78. The van der Waals surface area contributed by atoms with Crippen LogP contribution in [0.4, 0.5) is 0 Å². The van der Waals surface area contributed by atoms with E-state index in [1.54, 1.807) is 0 Å². The van der Waals surface area contributed by atoms with E-state index in [0.717, 1.165) is 0 Å². The van der Waals surface area contributed by atoms with Gasteiger partial charge in [0.15, 0.2) is 5.82 Å². The average Bonchev–Trinajstić information content (AvgIpc) is 2.80. The number of tetrazole rings is 1. The molecule has 19 heavy (non-hydrogen) atoms. The Balaban J connectivity index is 2.37. The molecule has 0 saturated carbocycles. The van der Waals surface area contributed by atoms with Gasteiger partial charge in [0.2, 0.25) is 15.9 Å². The summed E-state index contributed by atoms with van der Waals surface area (Å²) in [7, 11) is -2.57. The molecule has 0 unspecified atom stereocenters. The molecule has 0 atom stereocenters. The fourth-order valence-electron chi connectivity index (χ4n) is 1.17. The summed E-state index contributed by atoms with van der Waals surface area (Å²) in [6.07, 6.45) is -0.236. The van der Waals surface area contributed by atoms with E-state index in [0.29, 0.717) is 0 Å². The van der Waals surface area contributed by atoms with Crippen molar-refractivity contribution in [1.82, 2.24) is 25.3 Å². The topological polar surface area (TPSA) is 144 Å². The monoisotopic (exact) mass is 291 g/mol. The minimum Gasteiger partial charge on any atom is -0.469 e. The maximum absolute atomic E-state index is 11.5. The number of nitrogens with one attached hydrogen (secondary N) is 2. The Kier molecular flexibility index (Phi) is 5.36. The Labute approximate surface area is 109 Å². The van der Waals surface area contributed by atoms with Gasteiger partial charge in [0, 0.05) is 6.42 Å². The summed E-state index contributed by atoms with van der Waals surface area (Å²) in [6.45, 7) is 0. The molecule has 0 spiro atoms. The molecule has 1 heterocycles. The third-order valence-electron chi connectivity index (χ3n) is 2.01. The SMILES string of the molecule is COC(=O)CCCS(=O)(=O)NC(=O)Cc1nnn[nH]1. The first-order chi connectivity index (χ1) is 8.93. The highest BCUT2D eigenvalue weighted by Crippen LogP contribution is 1.97. The van der Waals surface area contributed by atoms with E-state index in [2.05, 4.69) is 25.4 Å². The van der Waals surface area contributed by atoms with Crippen LogP contribution in [0.3, 0.4) is 0 Å². The van der Waals surface area contributed by atoms with Gasteiger partial charge in [0.05, 0.1) is 19.3 Å². The number of methoxy groups -OCH3 is 1. The van der Waals surface area contributed by atoms with E-state index >= 15 is 0 Å². The van der Waals surface area contributed by atoms with Crippen LogP contribution in [0, 0.1) is 0 Å². The predicted octanol–water partition coefficient (Wildman–Crippen LogP) is -1.86. The summed E-state index contributed by atoms with van der Waals surface area (Å²) in [5.41, 5.74) is 0.